The van der Waals surface area contributed by atoms with E-state index in [1.54, 1.807) is 38.1 Å². The molecule has 0 bridgehead atoms. The highest BCUT2D eigenvalue weighted by molar-refractivity contribution is 6.20. The standard InChI is InChI=1S/C13H16O5.C4H6O3/c1-3-18-13(16)12(15)8-11(14)9-4-6-10(17-2)7-5-9;1-2-7-4(6)3-5/h4-7,12,15H,3,8H2,1-2H3;3H,2H2,1H3. The fourth-order valence-corrected chi connectivity index (χ4v) is 1.57. The van der Waals surface area contributed by atoms with Crippen molar-refractivity contribution in [3.63, 3.8) is 0 Å². The first-order chi connectivity index (χ1) is 11.9. The Labute approximate surface area is 145 Å². The largest absolute Gasteiger partial charge is 0.497 e. The third-order valence-electron chi connectivity index (χ3n) is 2.73. The first kappa shape index (κ1) is 22.3. The third-order valence-corrected chi connectivity index (χ3v) is 2.73. The van der Waals surface area contributed by atoms with Gasteiger partial charge in [-0.15, -0.1) is 0 Å². The second-order valence-electron chi connectivity index (χ2n) is 4.49. The Balaban J connectivity index is 0.000000697. The fourth-order valence-electron chi connectivity index (χ4n) is 1.57. The number of aliphatic hydroxyl groups is 1. The van der Waals surface area contributed by atoms with Crippen molar-refractivity contribution < 1.29 is 38.5 Å². The lowest BCUT2D eigenvalue weighted by Gasteiger charge is -2.09. The third kappa shape index (κ3) is 9.21. The highest BCUT2D eigenvalue weighted by Crippen LogP contribution is 2.13. The van der Waals surface area contributed by atoms with Gasteiger partial charge >= 0.3 is 11.9 Å². The SMILES string of the molecule is CCOC(=O)C(O)CC(=O)c1ccc(OC)cc1.CCOC(=O)C=O. The van der Waals surface area contributed by atoms with Crippen LogP contribution in [-0.2, 0) is 23.9 Å². The zero-order chi connectivity index (χ0) is 19.2. The number of aliphatic hydroxyl groups excluding tert-OH is 1. The topological polar surface area (TPSA) is 116 Å². The molecule has 1 unspecified atom stereocenters. The lowest BCUT2D eigenvalue weighted by atomic mass is 10.1. The van der Waals surface area contributed by atoms with Gasteiger partial charge in [0, 0.05) is 12.0 Å². The van der Waals surface area contributed by atoms with E-state index in [9.17, 15) is 24.3 Å². The molecule has 0 radical (unpaired) electrons. The number of carbonyl (C=O) groups is 4. The number of Topliss-reactive ketones (excluding diaryl/α,β-unsaturated/α-hetero) is 1. The van der Waals surface area contributed by atoms with Crippen LogP contribution >= 0.6 is 0 Å². The molecule has 0 spiro atoms. The molecular weight excluding hydrogens is 332 g/mol. The minimum absolute atomic E-state index is 0.142. The van der Waals surface area contributed by atoms with Crippen molar-refractivity contribution in [2.45, 2.75) is 26.4 Å². The van der Waals surface area contributed by atoms with E-state index in [1.807, 2.05) is 0 Å². The molecule has 1 aromatic carbocycles. The molecule has 0 heterocycles. The van der Waals surface area contributed by atoms with Crippen molar-refractivity contribution in [1.29, 1.82) is 0 Å². The molecular formula is C17H22O8. The fraction of sp³-hybridized carbons (Fsp3) is 0.412. The Hall–Kier alpha value is -2.74. The number of benzene rings is 1. The summed E-state index contributed by atoms with van der Waals surface area (Å²) in [6.45, 7) is 3.71. The van der Waals surface area contributed by atoms with Crippen molar-refractivity contribution in [2.24, 2.45) is 0 Å². The zero-order valence-corrected chi connectivity index (χ0v) is 14.4. The van der Waals surface area contributed by atoms with Gasteiger partial charge in [0.25, 0.3) is 0 Å². The highest BCUT2D eigenvalue weighted by atomic mass is 16.5. The average molecular weight is 354 g/mol. The van der Waals surface area contributed by atoms with Gasteiger partial charge in [-0.05, 0) is 38.1 Å². The van der Waals surface area contributed by atoms with Crippen molar-refractivity contribution in [2.75, 3.05) is 20.3 Å². The van der Waals surface area contributed by atoms with Gasteiger partial charge in [-0.1, -0.05) is 0 Å². The van der Waals surface area contributed by atoms with Gasteiger partial charge in [0.05, 0.1) is 20.3 Å². The van der Waals surface area contributed by atoms with Gasteiger partial charge in [-0.2, -0.15) is 0 Å². The van der Waals surface area contributed by atoms with E-state index in [2.05, 4.69) is 9.47 Å². The lowest BCUT2D eigenvalue weighted by Crippen LogP contribution is -2.26. The maximum Gasteiger partial charge on any atom is 0.371 e. The van der Waals surface area contributed by atoms with Crippen LogP contribution in [0.15, 0.2) is 24.3 Å². The second-order valence-corrected chi connectivity index (χ2v) is 4.49. The van der Waals surface area contributed by atoms with Crippen LogP contribution in [0.3, 0.4) is 0 Å². The average Bonchev–Trinajstić information content (AvgIpc) is 2.62. The maximum absolute atomic E-state index is 11.8. The van der Waals surface area contributed by atoms with Crippen LogP contribution in [0.1, 0.15) is 30.6 Å². The molecule has 0 aliphatic rings. The molecule has 8 nitrogen and oxygen atoms in total. The Morgan fingerprint density at radius 1 is 1.08 bits per heavy atom. The molecule has 25 heavy (non-hydrogen) atoms. The van der Waals surface area contributed by atoms with Crippen LogP contribution in [0.5, 0.6) is 5.75 Å². The summed E-state index contributed by atoms with van der Waals surface area (Å²) in [5.74, 6) is -1.27. The molecule has 0 fully saturated rings. The number of rotatable bonds is 8. The van der Waals surface area contributed by atoms with E-state index < -0.39 is 18.0 Å². The van der Waals surface area contributed by atoms with Crippen LogP contribution in [0, 0.1) is 0 Å². The molecule has 0 saturated carbocycles. The number of aldehydes is 1. The van der Waals surface area contributed by atoms with E-state index in [0.717, 1.165) is 0 Å². The number of ether oxygens (including phenoxy) is 3. The number of methoxy groups -OCH3 is 1. The second kappa shape index (κ2) is 12.7. The van der Waals surface area contributed by atoms with E-state index in [0.29, 0.717) is 11.3 Å². The predicted molar refractivity (Wildman–Crippen MR) is 87.3 cm³/mol. The van der Waals surface area contributed by atoms with Gasteiger partial charge in [-0.3, -0.25) is 9.59 Å². The molecule has 0 amide bonds. The quantitative estimate of drug-likeness (QED) is 0.317. The summed E-state index contributed by atoms with van der Waals surface area (Å²) in [5.41, 5.74) is 0.416. The first-order valence-corrected chi connectivity index (χ1v) is 7.53. The van der Waals surface area contributed by atoms with E-state index in [4.69, 9.17) is 4.74 Å². The minimum atomic E-state index is -1.42. The Bertz CT molecular complexity index is 565. The summed E-state index contributed by atoms with van der Waals surface area (Å²) in [4.78, 5) is 42.2. The van der Waals surface area contributed by atoms with Crippen LogP contribution in [0.4, 0.5) is 0 Å². The summed E-state index contributed by atoms with van der Waals surface area (Å²) < 4.78 is 13.8. The van der Waals surface area contributed by atoms with Gasteiger partial charge in [0.15, 0.2) is 11.9 Å². The van der Waals surface area contributed by atoms with Gasteiger partial charge in [0.1, 0.15) is 5.75 Å². The minimum Gasteiger partial charge on any atom is -0.497 e. The lowest BCUT2D eigenvalue weighted by molar-refractivity contribution is -0.152. The van der Waals surface area contributed by atoms with Gasteiger partial charge in [-0.25, -0.2) is 9.59 Å². The molecule has 0 saturated heterocycles. The molecule has 1 atom stereocenters. The Morgan fingerprint density at radius 3 is 2.04 bits per heavy atom. The number of hydrogen-bond donors (Lipinski definition) is 1. The van der Waals surface area contributed by atoms with Gasteiger partial charge in [0.2, 0.25) is 6.29 Å². The van der Waals surface area contributed by atoms with Crippen molar-refractivity contribution >= 4 is 24.0 Å². The molecule has 0 aromatic heterocycles. The number of carbonyl (C=O) groups excluding carboxylic acids is 4. The monoisotopic (exact) mass is 354 g/mol. The molecule has 0 aliphatic carbocycles. The molecule has 1 rings (SSSR count). The number of esters is 2. The molecule has 1 aromatic rings. The van der Waals surface area contributed by atoms with Crippen LogP contribution in [-0.4, -0.2) is 55.5 Å². The zero-order valence-electron chi connectivity index (χ0n) is 14.4. The van der Waals surface area contributed by atoms with Crippen molar-refractivity contribution in [3.8, 4) is 5.75 Å². The summed E-state index contributed by atoms with van der Waals surface area (Å²) in [7, 11) is 1.53. The van der Waals surface area contributed by atoms with Crippen LogP contribution < -0.4 is 4.74 Å². The number of hydrogen-bond acceptors (Lipinski definition) is 8. The van der Waals surface area contributed by atoms with Crippen molar-refractivity contribution in [1.82, 2.24) is 0 Å². The normalized spacial score (nSPS) is 10.6. The maximum atomic E-state index is 11.8. The van der Waals surface area contributed by atoms with E-state index in [-0.39, 0.29) is 31.7 Å². The van der Waals surface area contributed by atoms with Crippen LogP contribution in [0.25, 0.3) is 0 Å². The molecule has 138 valence electrons. The van der Waals surface area contributed by atoms with Crippen molar-refractivity contribution in [3.05, 3.63) is 29.8 Å². The first-order valence-electron chi connectivity index (χ1n) is 7.53. The summed E-state index contributed by atoms with van der Waals surface area (Å²) >= 11 is 0. The van der Waals surface area contributed by atoms with Gasteiger partial charge < -0.3 is 19.3 Å². The summed E-state index contributed by atoms with van der Waals surface area (Å²) in [6.07, 6.45) is -1.56. The summed E-state index contributed by atoms with van der Waals surface area (Å²) in [5, 5.41) is 9.46. The smallest absolute Gasteiger partial charge is 0.371 e. The van der Waals surface area contributed by atoms with Crippen LogP contribution in [0.2, 0.25) is 0 Å². The molecule has 1 N–H and O–H groups in total. The van der Waals surface area contributed by atoms with E-state index >= 15 is 0 Å². The molecule has 8 heteroatoms. The molecule has 0 aliphatic heterocycles. The Morgan fingerprint density at radius 2 is 1.64 bits per heavy atom. The highest BCUT2D eigenvalue weighted by Gasteiger charge is 2.20. The summed E-state index contributed by atoms with van der Waals surface area (Å²) in [6, 6.07) is 6.45. The number of ketones is 1. The van der Waals surface area contributed by atoms with E-state index in [1.165, 1.54) is 7.11 Å². The predicted octanol–water partition coefficient (Wildman–Crippen LogP) is 0.940. The Kier molecular flexibility index (Phi) is 11.3.